The van der Waals surface area contributed by atoms with Gasteiger partial charge in [0.15, 0.2) is 0 Å². The second kappa shape index (κ2) is 8.46. The van der Waals surface area contributed by atoms with Gasteiger partial charge in [-0.15, -0.1) is 0 Å². The summed E-state index contributed by atoms with van der Waals surface area (Å²) in [7, 11) is -1.09. The van der Waals surface area contributed by atoms with Crippen molar-refractivity contribution in [1.29, 1.82) is 0 Å². The van der Waals surface area contributed by atoms with Gasteiger partial charge in [0, 0.05) is 32.4 Å². The number of ether oxygens (including phenoxy) is 1. The molecule has 1 aromatic carbocycles. The van der Waals surface area contributed by atoms with Crippen molar-refractivity contribution in [3.8, 4) is 11.3 Å². The van der Waals surface area contributed by atoms with Gasteiger partial charge < -0.3 is 14.6 Å². The Labute approximate surface area is 156 Å². The van der Waals surface area contributed by atoms with Crippen LogP contribution in [0.5, 0.6) is 0 Å². The van der Waals surface area contributed by atoms with Crippen LogP contribution < -0.4 is 5.32 Å². The van der Waals surface area contributed by atoms with Gasteiger partial charge in [-0.05, 0) is 44.1 Å². The van der Waals surface area contributed by atoms with E-state index in [0.29, 0.717) is 12.6 Å². The van der Waals surface area contributed by atoms with Gasteiger partial charge in [-0.1, -0.05) is 31.8 Å². The second-order valence-electron chi connectivity index (χ2n) is 8.34. The number of halogens is 1. The highest BCUT2D eigenvalue weighted by Crippen LogP contribution is 2.28. The predicted octanol–water partition coefficient (Wildman–Crippen LogP) is 4.47. The molecule has 142 valence electrons. The van der Waals surface area contributed by atoms with E-state index in [1.54, 1.807) is 12.1 Å². The van der Waals surface area contributed by atoms with Gasteiger partial charge in [0.25, 0.3) is 0 Å². The Morgan fingerprint density at radius 3 is 2.73 bits per heavy atom. The van der Waals surface area contributed by atoms with Gasteiger partial charge in [-0.25, -0.2) is 9.37 Å². The molecule has 0 aliphatic carbocycles. The maximum Gasteiger partial charge on any atom is 0.124 e. The Balaban J connectivity index is 1.78. The van der Waals surface area contributed by atoms with Crippen LogP contribution in [0.4, 0.5) is 4.39 Å². The number of hydrogen-bond donors (Lipinski definition) is 1. The molecule has 1 aliphatic heterocycles. The van der Waals surface area contributed by atoms with Crippen molar-refractivity contribution < 1.29 is 9.13 Å². The number of hydrogen-bond acceptors (Lipinski definition) is 3. The molecular formula is C20H30FN3OSi. The molecule has 4 nitrogen and oxygen atoms in total. The smallest absolute Gasteiger partial charge is 0.124 e. The third kappa shape index (κ3) is 5.25. The summed E-state index contributed by atoms with van der Waals surface area (Å²) < 4.78 is 21.7. The van der Waals surface area contributed by atoms with Crippen LogP contribution in [-0.4, -0.2) is 37.3 Å². The van der Waals surface area contributed by atoms with E-state index in [-0.39, 0.29) is 5.82 Å². The molecule has 1 saturated heterocycles. The van der Waals surface area contributed by atoms with Crippen molar-refractivity contribution in [2.24, 2.45) is 0 Å². The lowest BCUT2D eigenvalue weighted by Crippen LogP contribution is -2.28. The van der Waals surface area contributed by atoms with Gasteiger partial charge in [-0.2, -0.15) is 0 Å². The van der Waals surface area contributed by atoms with Gasteiger partial charge >= 0.3 is 0 Å². The molecule has 6 heteroatoms. The summed E-state index contributed by atoms with van der Waals surface area (Å²) in [5.74, 6) is 1.27. The van der Waals surface area contributed by atoms with Crippen molar-refractivity contribution in [3.63, 3.8) is 0 Å². The number of rotatable bonds is 7. The van der Waals surface area contributed by atoms with Gasteiger partial charge in [-0.3, -0.25) is 0 Å². The number of nitrogens with zero attached hydrogens (tertiary/aromatic N) is 2. The first-order valence-electron chi connectivity index (χ1n) is 9.54. The fourth-order valence-electron chi connectivity index (χ4n) is 3.27. The van der Waals surface area contributed by atoms with Crippen LogP contribution in [0.3, 0.4) is 0 Å². The zero-order valence-corrected chi connectivity index (χ0v) is 17.1. The molecule has 0 unspecified atom stereocenters. The first-order valence-corrected chi connectivity index (χ1v) is 13.2. The standard InChI is InChI=1S/C20H30FN3OSi/c1-26(2,3)12-11-25-15-24-14-19(17-5-4-6-18(21)13-17)23-20(24)16-7-9-22-10-8-16/h4-6,13-14,16,22H,7-12,15H2,1-3H3. The molecule has 0 bridgehead atoms. The summed E-state index contributed by atoms with van der Waals surface area (Å²) in [5, 5.41) is 3.41. The fourth-order valence-corrected chi connectivity index (χ4v) is 4.02. The zero-order valence-electron chi connectivity index (χ0n) is 16.1. The average molecular weight is 376 g/mol. The van der Waals surface area contributed by atoms with Gasteiger partial charge in [0.1, 0.15) is 18.4 Å². The molecule has 2 aromatic rings. The second-order valence-corrected chi connectivity index (χ2v) is 14.0. The maximum atomic E-state index is 13.6. The van der Waals surface area contributed by atoms with Crippen molar-refractivity contribution in [3.05, 3.63) is 42.1 Å². The molecule has 0 radical (unpaired) electrons. The van der Waals surface area contributed by atoms with Crippen LogP contribution in [0, 0.1) is 5.82 Å². The van der Waals surface area contributed by atoms with E-state index in [1.807, 2.05) is 12.3 Å². The molecular weight excluding hydrogens is 345 g/mol. The molecule has 1 aliphatic rings. The Hall–Kier alpha value is -1.50. The monoisotopic (exact) mass is 375 g/mol. The van der Waals surface area contributed by atoms with E-state index in [2.05, 4.69) is 29.5 Å². The van der Waals surface area contributed by atoms with Crippen LogP contribution in [0.25, 0.3) is 11.3 Å². The Morgan fingerprint density at radius 1 is 1.27 bits per heavy atom. The lowest BCUT2D eigenvalue weighted by molar-refractivity contribution is 0.0838. The van der Waals surface area contributed by atoms with E-state index in [4.69, 9.17) is 9.72 Å². The highest BCUT2D eigenvalue weighted by atomic mass is 28.3. The van der Waals surface area contributed by atoms with Crippen LogP contribution in [0.2, 0.25) is 25.7 Å². The first kappa shape index (κ1) is 19.3. The molecule has 0 atom stereocenters. The van der Waals surface area contributed by atoms with Crippen LogP contribution >= 0.6 is 0 Å². The predicted molar refractivity (Wildman–Crippen MR) is 107 cm³/mol. The molecule has 1 aromatic heterocycles. The highest BCUT2D eigenvalue weighted by Gasteiger charge is 2.22. The van der Waals surface area contributed by atoms with Crippen molar-refractivity contribution in [2.45, 2.75) is 51.2 Å². The Morgan fingerprint density at radius 2 is 2.04 bits per heavy atom. The number of piperidine rings is 1. The topological polar surface area (TPSA) is 39.1 Å². The highest BCUT2D eigenvalue weighted by molar-refractivity contribution is 6.76. The normalized spacial score (nSPS) is 16.2. The zero-order chi connectivity index (χ0) is 18.6. The SMILES string of the molecule is C[Si](C)(C)CCOCn1cc(-c2cccc(F)c2)nc1C1CCNCC1. The quantitative estimate of drug-likeness (QED) is 0.573. The summed E-state index contributed by atoms with van der Waals surface area (Å²) in [6.07, 6.45) is 4.17. The fraction of sp³-hybridized carbons (Fsp3) is 0.550. The van der Waals surface area contributed by atoms with Crippen LogP contribution in [-0.2, 0) is 11.5 Å². The van der Waals surface area contributed by atoms with Crippen LogP contribution in [0.15, 0.2) is 30.5 Å². The summed E-state index contributed by atoms with van der Waals surface area (Å²) in [6.45, 7) is 10.4. The van der Waals surface area contributed by atoms with Crippen molar-refractivity contribution in [1.82, 2.24) is 14.9 Å². The molecule has 1 fully saturated rings. The minimum absolute atomic E-state index is 0.230. The van der Waals surface area contributed by atoms with Gasteiger partial charge in [0.05, 0.1) is 5.69 Å². The number of nitrogens with one attached hydrogen (secondary N) is 1. The average Bonchev–Trinajstić information content (AvgIpc) is 3.03. The molecule has 1 N–H and O–H groups in total. The Kier molecular flexibility index (Phi) is 6.27. The minimum Gasteiger partial charge on any atom is -0.361 e. The van der Waals surface area contributed by atoms with E-state index in [9.17, 15) is 4.39 Å². The molecule has 0 spiro atoms. The molecule has 0 saturated carbocycles. The summed E-state index contributed by atoms with van der Waals surface area (Å²) in [6, 6.07) is 7.81. The molecule has 3 rings (SSSR count). The van der Waals surface area contributed by atoms with Crippen molar-refractivity contribution in [2.75, 3.05) is 19.7 Å². The molecule has 2 heterocycles. The van der Waals surface area contributed by atoms with E-state index < -0.39 is 8.07 Å². The van der Waals surface area contributed by atoms with E-state index in [0.717, 1.165) is 55.7 Å². The third-order valence-electron chi connectivity index (χ3n) is 4.86. The maximum absolute atomic E-state index is 13.6. The largest absolute Gasteiger partial charge is 0.361 e. The van der Waals surface area contributed by atoms with Gasteiger partial charge in [0.2, 0.25) is 0 Å². The number of aromatic nitrogens is 2. The minimum atomic E-state index is -1.09. The summed E-state index contributed by atoms with van der Waals surface area (Å²) in [5.41, 5.74) is 1.65. The lowest BCUT2D eigenvalue weighted by atomic mass is 9.97. The van der Waals surface area contributed by atoms with E-state index >= 15 is 0 Å². The van der Waals surface area contributed by atoms with Crippen molar-refractivity contribution >= 4 is 8.07 Å². The van der Waals surface area contributed by atoms with E-state index in [1.165, 1.54) is 6.07 Å². The summed E-state index contributed by atoms with van der Waals surface area (Å²) >= 11 is 0. The first-order chi connectivity index (χ1) is 12.4. The van der Waals surface area contributed by atoms with Crippen LogP contribution in [0.1, 0.15) is 24.6 Å². The summed E-state index contributed by atoms with van der Waals surface area (Å²) in [4.78, 5) is 4.87. The Bertz CT molecular complexity index is 720. The lowest BCUT2D eigenvalue weighted by Gasteiger charge is -2.23. The number of imidazole rings is 1. The third-order valence-corrected chi connectivity index (χ3v) is 6.56. The molecule has 26 heavy (non-hydrogen) atoms. The number of benzene rings is 1. The molecule has 0 amide bonds.